The van der Waals surface area contributed by atoms with Crippen LogP contribution in [0.3, 0.4) is 0 Å². The van der Waals surface area contributed by atoms with Crippen LogP contribution in [-0.4, -0.2) is 30.9 Å². The van der Waals surface area contributed by atoms with Gasteiger partial charge in [-0.25, -0.2) is 4.79 Å². The third-order valence-corrected chi connectivity index (χ3v) is 3.44. The van der Waals surface area contributed by atoms with E-state index in [1.54, 1.807) is 18.2 Å². The third-order valence-electron chi connectivity index (χ3n) is 2.25. The first-order chi connectivity index (χ1) is 8.65. The molecule has 2 aromatic heterocycles. The van der Waals surface area contributed by atoms with Crippen LogP contribution < -0.4 is 0 Å². The van der Waals surface area contributed by atoms with E-state index in [2.05, 4.69) is 15.3 Å². The van der Waals surface area contributed by atoms with Crippen LogP contribution in [-0.2, 0) is 0 Å². The fourth-order valence-electron chi connectivity index (χ4n) is 1.49. The van der Waals surface area contributed by atoms with E-state index in [0.717, 1.165) is 5.56 Å². The quantitative estimate of drug-likeness (QED) is 0.778. The highest BCUT2D eigenvalue weighted by Gasteiger charge is 2.17. The van der Waals surface area contributed by atoms with Gasteiger partial charge < -0.3 is 5.11 Å². The predicted molar refractivity (Wildman–Crippen MR) is 66.1 cm³/mol. The van der Waals surface area contributed by atoms with Gasteiger partial charge in [0.25, 0.3) is 5.82 Å². The lowest BCUT2D eigenvalue weighted by atomic mass is 10.2. The molecule has 0 atom stereocenters. The van der Waals surface area contributed by atoms with Gasteiger partial charge in [0.2, 0.25) is 4.96 Å². The molecule has 3 aromatic rings. The summed E-state index contributed by atoms with van der Waals surface area (Å²) in [5.74, 6) is -1.36. The summed E-state index contributed by atoms with van der Waals surface area (Å²) >= 11 is 7.15. The highest BCUT2D eigenvalue weighted by atomic mass is 35.5. The van der Waals surface area contributed by atoms with E-state index in [1.807, 2.05) is 6.07 Å². The third kappa shape index (κ3) is 1.73. The maximum Gasteiger partial charge on any atom is 0.375 e. The molecule has 0 spiro atoms. The number of carboxylic acid groups (broad SMARTS) is 1. The van der Waals surface area contributed by atoms with Gasteiger partial charge in [-0.2, -0.15) is 9.61 Å². The monoisotopic (exact) mass is 280 g/mol. The molecular formula is C10H5ClN4O2S. The molecule has 0 unspecified atom stereocenters. The minimum atomic E-state index is -1.16. The molecule has 0 radical (unpaired) electrons. The minimum Gasteiger partial charge on any atom is -0.475 e. The lowest BCUT2D eigenvalue weighted by molar-refractivity contribution is 0.0680. The van der Waals surface area contributed by atoms with E-state index in [9.17, 15) is 4.79 Å². The molecule has 0 bridgehead atoms. The van der Waals surface area contributed by atoms with Crippen LogP contribution in [0, 0.1) is 0 Å². The highest BCUT2D eigenvalue weighted by molar-refractivity contribution is 7.19. The van der Waals surface area contributed by atoms with Crippen molar-refractivity contribution in [2.75, 3.05) is 0 Å². The largest absolute Gasteiger partial charge is 0.475 e. The Balaban J connectivity index is 2.17. The van der Waals surface area contributed by atoms with Crippen LogP contribution in [0.15, 0.2) is 24.3 Å². The number of benzene rings is 1. The second kappa shape index (κ2) is 4.04. The Morgan fingerprint density at radius 3 is 2.94 bits per heavy atom. The summed E-state index contributed by atoms with van der Waals surface area (Å²) in [7, 11) is 0. The number of aromatic carboxylic acids is 1. The topological polar surface area (TPSA) is 80.4 Å². The molecule has 6 nitrogen and oxygen atoms in total. The fraction of sp³-hybridized carbons (Fsp3) is 0. The average molecular weight is 281 g/mol. The van der Waals surface area contributed by atoms with Crippen LogP contribution in [0.4, 0.5) is 0 Å². The van der Waals surface area contributed by atoms with Crippen LogP contribution in [0.25, 0.3) is 15.5 Å². The number of aromatic nitrogens is 4. The first-order valence-electron chi connectivity index (χ1n) is 4.86. The van der Waals surface area contributed by atoms with Crippen LogP contribution >= 0.6 is 22.9 Å². The first-order valence-corrected chi connectivity index (χ1v) is 6.06. The zero-order valence-electron chi connectivity index (χ0n) is 8.74. The molecule has 3 rings (SSSR count). The Hall–Kier alpha value is -1.99. The molecule has 0 saturated carbocycles. The molecule has 0 fully saturated rings. The van der Waals surface area contributed by atoms with Crippen molar-refractivity contribution in [3.8, 4) is 10.6 Å². The SMILES string of the molecule is O=C(O)c1nnc2sc(-c3cccc(Cl)c3)nn12. The summed E-state index contributed by atoms with van der Waals surface area (Å²) < 4.78 is 1.21. The summed E-state index contributed by atoms with van der Waals surface area (Å²) in [5, 5.41) is 21.6. The number of carbonyl (C=O) groups is 1. The van der Waals surface area contributed by atoms with E-state index in [-0.39, 0.29) is 5.82 Å². The van der Waals surface area contributed by atoms with E-state index in [1.165, 1.54) is 15.9 Å². The number of halogens is 1. The van der Waals surface area contributed by atoms with Crippen molar-refractivity contribution in [1.82, 2.24) is 19.8 Å². The van der Waals surface area contributed by atoms with Crippen molar-refractivity contribution in [1.29, 1.82) is 0 Å². The second-order valence-electron chi connectivity index (χ2n) is 3.44. The molecule has 0 aliphatic heterocycles. The smallest absolute Gasteiger partial charge is 0.375 e. The standard InChI is InChI=1S/C10H5ClN4O2S/c11-6-3-1-2-5(4-6)8-14-15-7(9(16)17)12-13-10(15)18-8/h1-4H,(H,16,17). The van der Waals surface area contributed by atoms with Gasteiger partial charge in [0.1, 0.15) is 5.01 Å². The fourth-order valence-corrected chi connectivity index (χ4v) is 2.51. The van der Waals surface area contributed by atoms with E-state index in [0.29, 0.717) is 15.0 Å². The van der Waals surface area contributed by atoms with Crippen molar-refractivity contribution < 1.29 is 9.90 Å². The summed E-state index contributed by atoms with van der Waals surface area (Å²) in [5.41, 5.74) is 0.814. The second-order valence-corrected chi connectivity index (χ2v) is 4.83. The van der Waals surface area contributed by atoms with E-state index < -0.39 is 5.97 Å². The molecule has 0 aliphatic rings. The maximum absolute atomic E-state index is 10.9. The van der Waals surface area contributed by atoms with Crippen LogP contribution in [0.2, 0.25) is 5.02 Å². The highest BCUT2D eigenvalue weighted by Crippen LogP contribution is 2.27. The summed E-state index contributed by atoms with van der Waals surface area (Å²) in [4.78, 5) is 11.3. The molecule has 0 saturated heterocycles. The van der Waals surface area contributed by atoms with Gasteiger partial charge in [-0.1, -0.05) is 35.1 Å². The van der Waals surface area contributed by atoms with E-state index >= 15 is 0 Å². The summed E-state index contributed by atoms with van der Waals surface area (Å²) in [6.07, 6.45) is 0. The van der Waals surface area contributed by atoms with Crippen molar-refractivity contribution in [3.05, 3.63) is 35.1 Å². The number of carboxylic acids is 1. The average Bonchev–Trinajstić information content (AvgIpc) is 2.87. The summed E-state index contributed by atoms with van der Waals surface area (Å²) in [6.45, 7) is 0. The Bertz CT molecular complexity index is 751. The Morgan fingerprint density at radius 2 is 2.22 bits per heavy atom. The number of fused-ring (bicyclic) bond motifs is 1. The van der Waals surface area contributed by atoms with Gasteiger partial charge in [0.15, 0.2) is 0 Å². The minimum absolute atomic E-state index is 0.200. The number of rotatable bonds is 2. The normalized spacial score (nSPS) is 10.9. The van der Waals surface area contributed by atoms with Crippen molar-refractivity contribution in [2.24, 2.45) is 0 Å². The number of hydrogen-bond acceptors (Lipinski definition) is 5. The molecule has 2 heterocycles. The van der Waals surface area contributed by atoms with Crippen molar-refractivity contribution in [3.63, 3.8) is 0 Å². The van der Waals surface area contributed by atoms with Crippen molar-refractivity contribution in [2.45, 2.75) is 0 Å². The lowest BCUT2D eigenvalue weighted by Crippen LogP contribution is -2.04. The van der Waals surface area contributed by atoms with Gasteiger partial charge in [0.05, 0.1) is 0 Å². The van der Waals surface area contributed by atoms with Crippen molar-refractivity contribution >= 4 is 33.9 Å². The Morgan fingerprint density at radius 1 is 1.39 bits per heavy atom. The van der Waals surface area contributed by atoms with Gasteiger partial charge >= 0.3 is 5.97 Å². The lowest BCUT2D eigenvalue weighted by Gasteiger charge is -1.95. The molecule has 8 heteroatoms. The van der Waals surface area contributed by atoms with Crippen LogP contribution in [0.5, 0.6) is 0 Å². The Kier molecular flexibility index (Phi) is 2.49. The van der Waals surface area contributed by atoms with Crippen LogP contribution in [0.1, 0.15) is 10.6 Å². The number of nitrogens with zero attached hydrogens (tertiary/aromatic N) is 4. The van der Waals surface area contributed by atoms with Gasteiger partial charge in [0, 0.05) is 10.6 Å². The maximum atomic E-state index is 10.9. The molecule has 1 N–H and O–H groups in total. The molecule has 0 aliphatic carbocycles. The van der Waals surface area contributed by atoms with Gasteiger partial charge in [-0.05, 0) is 12.1 Å². The molecule has 1 aromatic carbocycles. The predicted octanol–water partition coefficient (Wildman–Crippen LogP) is 2.20. The molecule has 0 amide bonds. The molecule has 90 valence electrons. The molecular weight excluding hydrogens is 276 g/mol. The summed E-state index contributed by atoms with van der Waals surface area (Å²) in [6, 6.07) is 7.16. The zero-order valence-corrected chi connectivity index (χ0v) is 10.3. The zero-order chi connectivity index (χ0) is 12.7. The van der Waals surface area contributed by atoms with Gasteiger partial charge in [-0.15, -0.1) is 10.2 Å². The van der Waals surface area contributed by atoms with Gasteiger partial charge in [-0.3, -0.25) is 0 Å². The Labute approximate surface area is 109 Å². The van der Waals surface area contributed by atoms with E-state index in [4.69, 9.17) is 16.7 Å². The number of hydrogen-bond donors (Lipinski definition) is 1. The first kappa shape index (κ1) is 11.1. The molecule has 18 heavy (non-hydrogen) atoms.